The van der Waals surface area contributed by atoms with Gasteiger partial charge in [-0.1, -0.05) is 19.3 Å². The first kappa shape index (κ1) is 34.8. The van der Waals surface area contributed by atoms with Crippen LogP contribution in [0.3, 0.4) is 0 Å². The Bertz CT molecular complexity index is 1380. The molecule has 3 atom stereocenters. The Labute approximate surface area is 270 Å². The van der Waals surface area contributed by atoms with Gasteiger partial charge in [0.05, 0.1) is 5.92 Å². The predicted molar refractivity (Wildman–Crippen MR) is 170 cm³/mol. The second-order valence-corrected chi connectivity index (χ2v) is 13.1. The average molecular weight is 636 g/mol. The number of rotatable bonds is 12. The smallest absolute Gasteiger partial charge is 0.323 e. The lowest BCUT2D eigenvalue weighted by molar-refractivity contribution is -0.158. The molecule has 2 fully saturated rings. The molecule has 2 aromatic rings. The largest absolute Gasteiger partial charge is 0.460 e. The van der Waals surface area contributed by atoms with Gasteiger partial charge in [0.1, 0.15) is 23.1 Å². The monoisotopic (exact) mass is 635 g/mol. The van der Waals surface area contributed by atoms with Crippen molar-refractivity contribution in [2.45, 2.75) is 83.8 Å². The third-order valence-electron chi connectivity index (χ3n) is 8.38. The third-order valence-corrected chi connectivity index (χ3v) is 8.38. The molecule has 0 bridgehead atoms. The van der Waals surface area contributed by atoms with E-state index in [4.69, 9.17) is 18.9 Å². The number of carbonyl (C=O) groups excluding carboxylic acids is 5. The second kappa shape index (κ2) is 16.0. The summed E-state index contributed by atoms with van der Waals surface area (Å²) >= 11 is 0. The van der Waals surface area contributed by atoms with E-state index in [9.17, 15) is 24.0 Å². The number of benzene rings is 2. The summed E-state index contributed by atoms with van der Waals surface area (Å²) in [6.07, 6.45) is 5.96. The molecule has 1 aliphatic carbocycles. The van der Waals surface area contributed by atoms with Crippen LogP contribution in [0, 0.1) is 11.8 Å². The molecule has 4 rings (SSSR count). The van der Waals surface area contributed by atoms with Crippen molar-refractivity contribution in [3.8, 4) is 11.5 Å². The van der Waals surface area contributed by atoms with Gasteiger partial charge in [-0.25, -0.2) is 0 Å². The van der Waals surface area contributed by atoms with Gasteiger partial charge in [0, 0.05) is 17.5 Å². The van der Waals surface area contributed by atoms with Crippen LogP contribution in [0.25, 0.3) is 0 Å². The molecule has 10 heteroatoms. The third kappa shape index (κ3) is 10.2. The van der Waals surface area contributed by atoms with Crippen molar-refractivity contribution in [1.29, 1.82) is 0 Å². The zero-order chi connectivity index (χ0) is 33.3. The van der Waals surface area contributed by atoms with Crippen molar-refractivity contribution in [2.75, 3.05) is 26.8 Å². The molecular formula is C36H45NO9. The van der Waals surface area contributed by atoms with Gasteiger partial charge in [0.15, 0.2) is 24.8 Å². The van der Waals surface area contributed by atoms with Gasteiger partial charge in [-0.2, -0.15) is 0 Å². The Balaban J connectivity index is 1.24. The normalized spacial score (nSPS) is 20.3. The standard InChI is InChI=1S/C36H45NO9/c1-36(2,3)46-33(40)21-26-9-6-5-7-10-29(26)34(41)43-22-31(38)24-12-16-27(17-13-24)45-28-18-14-25(15-19-28)32(39)23-44-35(42)30-11-8-20-37(30)4/h12-19,26,29-30H,5-11,20-23H2,1-4H3. The summed E-state index contributed by atoms with van der Waals surface area (Å²) in [5.41, 5.74) is 0.169. The summed E-state index contributed by atoms with van der Waals surface area (Å²) in [6, 6.07) is 12.6. The summed E-state index contributed by atoms with van der Waals surface area (Å²) in [4.78, 5) is 65.0. The van der Waals surface area contributed by atoms with Gasteiger partial charge in [-0.3, -0.25) is 28.9 Å². The topological polar surface area (TPSA) is 126 Å². The zero-order valence-corrected chi connectivity index (χ0v) is 27.3. The molecule has 248 valence electrons. The van der Waals surface area contributed by atoms with Crippen LogP contribution < -0.4 is 4.74 Å². The molecule has 10 nitrogen and oxygen atoms in total. The number of nitrogens with zero attached hydrogens (tertiary/aromatic N) is 1. The number of esters is 3. The predicted octanol–water partition coefficient (Wildman–Crippen LogP) is 5.95. The molecule has 0 radical (unpaired) electrons. The summed E-state index contributed by atoms with van der Waals surface area (Å²) in [5, 5.41) is 0. The quantitative estimate of drug-likeness (QED) is 0.119. The van der Waals surface area contributed by atoms with E-state index in [-0.39, 0.29) is 48.5 Å². The van der Waals surface area contributed by atoms with E-state index in [1.54, 1.807) is 48.5 Å². The van der Waals surface area contributed by atoms with Crippen molar-refractivity contribution in [2.24, 2.45) is 11.8 Å². The molecule has 2 aromatic carbocycles. The number of carbonyl (C=O) groups is 5. The molecule has 1 aliphatic heterocycles. The number of hydrogen-bond donors (Lipinski definition) is 0. The first-order chi connectivity index (χ1) is 21.9. The number of hydrogen-bond acceptors (Lipinski definition) is 10. The molecule has 0 N–H and O–H groups in total. The van der Waals surface area contributed by atoms with E-state index in [1.165, 1.54) is 0 Å². The highest BCUT2D eigenvalue weighted by Gasteiger charge is 2.34. The van der Waals surface area contributed by atoms with Crippen molar-refractivity contribution in [1.82, 2.24) is 4.90 Å². The maximum atomic E-state index is 13.0. The lowest BCUT2D eigenvalue weighted by Crippen LogP contribution is -2.35. The Morgan fingerprint density at radius 1 is 0.717 bits per heavy atom. The number of likely N-dealkylation sites (tertiary alicyclic amines) is 1. The van der Waals surface area contributed by atoms with Crippen molar-refractivity contribution >= 4 is 29.5 Å². The molecule has 0 amide bonds. The van der Waals surface area contributed by atoms with Crippen LogP contribution in [0.4, 0.5) is 0 Å². The molecule has 2 aliphatic rings. The van der Waals surface area contributed by atoms with Crippen LogP contribution in [0.15, 0.2) is 48.5 Å². The summed E-state index contributed by atoms with van der Waals surface area (Å²) in [6.45, 7) is 5.57. The second-order valence-electron chi connectivity index (χ2n) is 13.1. The lowest BCUT2D eigenvalue weighted by atomic mass is 9.85. The van der Waals surface area contributed by atoms with E-state index in [0.29, 0.717) is 29.0 Å². The molecule has 3 unspecified atom stereocenters. The minimum atomic E-state index is -0.596. The fraction of sp³-hybridized carbons (Fsp3) is 0.528. The lowest BCUT2D eigenvalue weighted by Gasteiger charge is -2.25. The Morgan fingerprint density at radius 2 is 1.26 bits per heavy atom. The van der Waals surface area contributed by atoms with Crippen LogP contribution in [-0.4, -0.2) is 72.8 Å². The van der Waals surface area contributed by atoms with E-state index < -0.39 is 24.1 Å². The average Bonchev–Trinajstić information content (AvgIpc) is 3.31. The summed E-state index contributed by atoms with van der Waals surface area (Å²) in [7, 11) is 1.87. The summed E-state index contributed by atoms with van der Waals surface area (Å²) in [5.74, 6) is -1.47. The highest BCUT2D eigenvalue weighted by Crippen LogP contribution is 2.33. The fourth-order valence-electron chi connectivity index (χ4n) is 5.94. The van der Waals surface area contributed by atoms with Crippen molar-refractivity contribution < 1.29 is 42.9 Å². The van der Waals surface area contributed by atoms with Crippen molar-refractivity contribution in [3.63, 3.8) is 0 Å². The maximum absolute atomic E-state index is 13.0. The van der Waals surface area contributed by atoms with Crippen LogP contribution in [0.1, 0.15) is 92.9 Å². The SMILES string of the molecule is CN1CCCC1C(=O)OCC(=O)c1ccc(Oc2ccc(C(=O)COC(=O)C3CCCCCC3CC(=O)OC(C)(C)C)cc2)cc1. The van der Waals surface area contributed by atoms with Gasteiger partial charge in [-0.05, 0) is 114 Å². The molecule has 0 aromatic heterocycles. The Morgan fingerprint density at radius 3 is 1.78 bits per heavy atom. The highest BCUT2D eigenvalue weighted by molar-refractivity contribution is 5.99. The molecular weight excluding hydrogens is 590 g/mol. The van der Waals surface area contributed by atoms with Gasteiger partial charge >= 0.3 is 17.9 Å². The molecule has 46 heavy (non-hydrogen) atoms. The van der Waals surface area contributed by atoms with E-state index in [0.717, 1.165) is 45.1 Å². The zero-order valence-electron chi connectivity index (χ0n) is 27.3. The van der Waals surface area contributed by atoms with Gasteiger partial charge in [0.25, 0.3) is 0 Å². The molecule has 1 saturated heterocycles. The van der Waals surface area contributed by atoms with Gasteiger partial charge < -0.3 is 18.9 Å². The Kier molecular flexibility index (Phi) is 12.1. The van der Waals surface area contributed by atoms with Crippen molar-refractivity contribution in [3.05, 3.63) is 59.7 Å². The number of Topliss-reactive ketones (excluding diaryl/α,β-unsaturated/α-hetero) is 2. The number of ether oxygens (including phenoxy) is 4. The fourth-order valence-corrected chi connectivity index (χ4v) is 5.94. The maximum Gasteiger partial charge on any atom is 0.323 e. The molecule has 0 spiro atoms. The summed E-state index contributed by atoms with van der Waals surface area (Å²) < 4.78 is 22.0. The first-order valence-electron chi connectivity index (χ1n) is 16.1. The molecule has 1 heterocycles. The number of ketones is 2. The minimum absolute atomic E-state index is 0.152. The molecule has 1 saturated carbocycles. The van der Waals surface area contributed by atoms with Gasteiger partial charge in [0.2, 0.25) is 0 Å². The van der Waals surface area contributed by atoms with Crippen LogP contribution in [-0.2, 0) is 28.6 Å². The first-order valence-corrected chi connectivity index (χ1v) is 16.1. The van der Waals surface area contributed by atoms with Crippen LogP contribution in [0.2, 0.25) is 0 Å². The van der Waals surface area contributed by atoms with Crippen LogP contribution >= 0.6 is 0 Å². The van der Waals surface area contributed by atoms with Crippen LogP contribution in [0.5, 0.6) is 11.5 Å². The highest BCUT2D eigenvalue weighted by atomic mass is 16.6. The Hall–Kier alpha value is -4.05. The van der Waals surface area contributed by atoms with E-state index >= 15 is 0 Å². The van der Waals surface area contributed by atoms with Gasteiger partial charge in [-0.15, -0.1) is 0 Å². The number of likely N-dealkylation sites (N-methyl/N-ethyl adjacent to an activating group) is 1. The van der Waals surface area contributed by atoms with E-state index in [2.05, 4.69) is 0 Å². The van der Waals surface area contributed by atoms with E-state index in [1.807, 2.05) is 32.7 Å². The minimum Gasteiger partial charge on any atom is -0.460 e.